The molecular weight excluding hydrogens is 358 g/mol. The minimum absolute atomic E-state index is 0.233. The fourth-order valence-corrected chi connectivity index (χ4v) is 3.16. The molecule has 1 amide bonds. The van der Waals surface area contributed by atoms with E-state index in [1.807, 2.05) is 19.9 Å². The normalized spacial score (nSPS) is 15.6. The van der Waals surface area contributed by atoms with Gasteiger partial charge in [-0.15, -0.1) is 0 Å². The molecule has 0 bridgehead atoms. The molecule has 1 aromatic heterocycles. The van der Waals surface area contributed by atoms with Crippen LogP contribution in [0.4, 0.5) is 4.79 Å². The number of hydrazine groups is 1. The van der Waals surface area contributed by atoms with E-state index in [0.717, 1.165) is 30.7 Å². The lowest BCUT2D eigenvalue weighted by Gasteiger charge is -2.24. The zero-order valence-electron chi connectivity index (χ0n) is 17.2. The average Bonchev–Trinajstić information content (AvgIpc) is 2.70. The molecule has 1 aromatic rings. The van der Waals surface area contributed by atoms with Crippen molar-refractivity contribution in [1.82, 2.24) is 15.3 Å². The van der Waals surface area contributed by atoms with Gasteiger partial charge in [-0.25, -0.2) is 15.6 Å². The lowest BCUT2D eigenvalue weighted by atomic mass is 9.98. The zero-order chi connectivity index (χ0) is 20.5. The Morgan fingerprint density at radius 1 is 1.29 bits per heavy atom. The number of nitrogens with two attached hydrogens (primary N) is 2. The van der Waals surface area contributed by atoms with Crippen LogP contribution in [0.2, 0.25) is 0 Å². The van der Waals surface area contributed by atoms with Gasteiger partial charge in [0.05, 0.1) is 24.1 Å². The smallest absolute Gasteiger partial charge is 0.412 e. The van der Waals surface area contributed by atoms with E-state index in [-0.39, 0.29) is 17.6 Å². The van der Waals surface area contributed by atoms with Crippen LogP contribution in [0.25, 0.3) is 5.70 Å². The molecule has 1 aliphatic carbocycles. The minimum Gasteiger partial charge on any atom is -0.489 e. The Morgan fingerprint density at radius 2 is 2.00 bits per heavy atom. The highest BCUT2D eigenvalue weighted by molar-refractivity contribution is 5.74. The first kappa shape index (κ1) is 21.8. The maximum atomic E-state index is 11.9. The number of carbonyl (C=O) groups is 1. The third kappa shape index (κ3) is 6.02. The second kappa shape index (κ2) is 10.8. The lowest BCUT2D eigenvalue weighted by molar-refractivity contribution is 0.146. The van der Waals surface area contributed by atoms with Gasteiger partial charge in [-0.1, -0.05) is 20.3 Å². The summed E-state index contributed by atoms with van der Waals surface area (Å²) < 4.78 is 11.2. The van der Waals surface area contributed by atoms with E-state index in [4.69, 9.17) is 21.1 Å². The highest BCUT2D eigenvalue weighted by Gasteiger charge is 2.19. The van der Waals surface area contributed by atoms with Crippen LogP contribution in [0.3, 0.4) is 0 Å². The predicted octanol–water partition coefficient (Wildman–Crippen LogP) is 2.88. The van der Waals surface area contributed by atoms with Gasteiger partial charge < -0.3 is 15.2 Å². The van der Waals surface area contributed by atoms with Crippen molar-refractivity contribution in [3.8, 4) is 5.75 Å². The van der Waals surface area contributed by atoms with Gasteiger partial charge in [0.25, 0.3) is 0 Å². The molecule has 0 aliphatic heterocycles. The molecule has 1 heterocycles. The summed E-state index contributed by atoms with van der Waals surface area (Å²) in [5, 5.41) is 3.83. The van der Waals surface area contributed by atoms with Crippen LogP contribution < -0.4 is 21.6 Å². The Balaban J connectivity index is 2.22. The van der Waals surface area contributed by atoms with Gasteiger partial charge in [0, 0.05) is 7.05 Å². The molecule has 1 aliphatic rings. The summed E-state index contributed by atoms with van der Waals surface area (Å²) in [5.74, 6) is 6.88. The van der Waals surface area contributed by atoms with Crippen molar-refractivity contribution in [2.45, 2.75) is 64.9 Å². The standard InChI is InChI=1S/C20H33N5O3/c1-4-13-27-20(26)24-19(25(3)22)18(21)16-11-12-17(15(5-2)23-16)28-14-9-7-6-8-10-14/h11-12,14H,4-10,13,21-22H2,1-3H3,(H,24,26)/b19-18-. The minimum atomic E-state index is -0.606. The maximum Gasteiger partial charge on any atom is 0.412 e. The van der Waals surface area contributed by atoms with E-state index < -0.39 is 6.09 Å². The molecule has 1 fully saturated rings. The molecule has 28 heavy (non-hydrogen) atoms. The molecule has 0 unspecified atom stereocenters. The lowest BCUT2D eigenvalue weighted by Crippen LogP contribution is -2.39. The summed E-state index contributed by atoms with van der Waals surface area (Å²) in [4.78, 5) is 16.6. The van der Waals surface area contributed by atoms with Crippen LogP contribution in [0.1, 0.15) is 63.8 Å². The number of rotatable bonds is 8. The van der Waals surface area contributed by atoms with Crippen molar-refractivity contribution in [1.29, 1.82) is 0 Å². The first-order chi connectivity index (χ1) is 13.5. The number of alkyl carbamates (subject to hydrolysis) is 1. The maximum absolute atomic E-state index is 11.9. The highest BCUT2D eigenvalue weighted by Crippen LogP contribution is 2.27. The van der Waals surface area contributed by atoms with Gasteiger partial charge in [-0.3, -0.25) is 10.3 Å². The molecule has 0 saturated heterocycles. The fourth-order valence-electron chi connectivity index (χ4n) is 3.16. The Bertz CT molecular complexity index is 684. The number of aryl methyl sites for hydroxylation is 1. The number of hydrogen-bond acceptors (Lipinski definition) is 7. The molecule has 8 nitrogen and oxygen atoms in total. The van der Waals surface area contributed by atoms with E-state index >= 15 is 0 Å². The van der Waals surface area contributed by atoms with Crippen molar-refractivity contribution in [2.75, 3.05) is 13.7 Å². The van der Waals surface area contributed by atoms with Crippen LogP contribution >= 0.6 is 0 Å². The zero-order valence-corrected chi connectivity index (χ0v) is 17.2. The Kier molecular flexibility index (Phi) is 8.38. The summed E-state index contributed by atoms with van der Waals surface area (Å²) >= 11 is 0. The summed E-state index contributed by atoms with van der Waals surface area (Å²) in [6, 6.07) is 3.68. The number of pyridine rings is 1. The van der Waals surface area contributed by atoms with E-state index in [2.05, 4.69) is 10.3 Å². The Labute approximate surface area is 167 Å². The number of nitrogens with one attached hydrogen (secondary N) is 1. The number of amides is 1. The Hall–Kier alpha value is -2.48. The van der Waals surface area contributed by atoms with E-state index in [0.29, 0.717) is 18.7 Å². The van der Waals surface area contributed by atoms with Gasteiger partial charge in [-0.2, -0.15) is 0 Å². The van der Waals surface area contributed by atoms with Gasteiger partial charge >= 0.3 is 6.09 Å². The van der Waals surface area contributed by atoms with Crippen LogP contribution in [-0.4, -0.2) is 35.8 Å². The van der Waals surface area contributed by atoms with Crippen LogP contribution in [-0.2, 0) is 11.2 Å². The molecule has 0 spiro atoms. The molecule has 2 rings (SSSR count). The molecule has 5 N–H and O–H groups in total. The van der Waals surface area contributed by atoms with Crippen LogP contribution in [0, 0.1) is 0 Å². The molecule has 8 heteroatoms. The fraction of sp³-hybridized carbons (Fsp3) is 0.600. The summed E-state index contributed by atoms with van der Waals surface area (Å²) in [6.07, 6.45) is 6.94. The topological polar surface area (TPSA) is 116 Å². The summed E-state index contributed by atoms with van der Waals surface area (Å²) in [6.45, 7) is 4.26. The monoisotopic (exact) mass is 391 g/mol. The second-order valence-electron chi connectivity index (χ2n) is 7.01. The SMILES string of the molecule is CCCOC(=O)N/C(=C(/N)c1ccc(OC2CCCCC2)c(CC)n1)N(C)N. The number of aromatic nitrogens is 1. The second-order valence-corrected chi connectivity index (χ2v) is 7.01. The molecule has 156 valence electrons. The first-order valence-electron chi connectivity index (χ1n) is 10.0. The molecule has 0 radical (unpaired) electrons. The number of nitrogens with zero attached hydrogens (tertiary/aromatic N) is 2. The molecular formula is C20H33N5O3. The quantitative estimate of drug-likeness (QED) is 0.461. The van der Waals surface area contributed by atoms with Crippen molar-refractivity contribution in [3.63, 3.8) is 0 Å². The van der Waals surface area contributed by atoms with Gasteiger partial charge in [0.15, 0.2) is 5.82 Å². The van der Waals surface area contributed by atoms with Gasteiger partial charge in [0.1, 0.15) is 11.4 Å². The van der Waals surface area contributed by atoms with E-state index in [1.165, 1.54) is 24.3 Å². The Morgan fingerprint density at radius 3 is 2.61 bits per heavy atom. The van der Waals surface area contributed by atoms with Crippen molar-refractivity contribution in [2.24, 2.45) is 11.6 Å². The van der Waals surface area contributed by atoms with Gasteiger partial charge in [-0.05, 0) is 50.7 Å². The molecule has 0 atom stereocenters. The third-order valence-corrected chi connectivity index (χ3v) is 4.65. The average molecular weight is 392 g/mol. The number of ether oxygens (including phenoxy) is 2. The van der Waals surface area contributed by atoms with Crippen LogP contribution in [0.15, 0.2) is 18.0 Å². The van der Waals surface area contributed by atoms with Crippen molar-refractivity contribution < 1.29 is 14.3 Å². The summed E-state index contributed by atoms with van der Waals surface area (Å²) in [5.41, 5.74) is 7.88. The predicted molar refractivity (Wildman–Crippen MR) is 109 cm³/mol. The van der Waals surface area contributed by atoms with Gasteiger partial charge in [0.2, 0.25) is 0 Å². The van der Waals surface area contributed by atoms with E-state index in [1.54, 1.807) is 13.1 Å². The molecule has 0 aromatic carbocycles. The third-order valence-electron chi connectivity index (χ3n) is 4.65. The van der Waals surface area contributed by atoms with Crippen LogP contribution in [0.5, 0.6) is 5.75 Å². The summed E-state index contributed by atoms with van der Waals surface area (Å²) in [7, 11) is 1.59. The highest BCUT2D eigenvalue weighted by atomic mass is 16.5. The molecule has 1 saturated carbocycles. The van der Waals surface area contributed by atoms with Crippen molar-refractivity contribution in [3.05, 3.63) is 29.3 Å². The first-order valence-corrected chi connectivity index (χ1v) is 10.0. The van der Waals surface area contributed by atoms with Crippen molar-refractivity contribution >= 4 is 11.8 Å². The number of hydrogen-bond donors (Lipinski definition) is 3. The largest absolute Gasteiger partial charge is 0.489 e. The van der Waals surface area contributed by atoms with E-state index in [9.17, 15) is 4.79 Å². The number of carbonyl (C=O) groups excluding carboxylic acids is 1.